The minimum absolute atomic E-state index is 0.204. The number of hydrogen-bond donors (Lipinski definition) is 1. The molecule has 4 rings (SSSR count). The molecule has 0 aliphatic heterocycles. The largest absolute Gasteiger partial charge is 0.346 e. The van der Waals surface area contributed by atoms with E-state index in [1.165, 1.54) is 0 Å². The molecule has 0 aliphatic carbocycles. The lowest BCUT2D eigenvalue weighted by atomic mass is 10.1. The van der Waals surface area contributed by atoms with Crippen LogP contribution in [-0.2, 0) is 6.54 Å². The Hall–Kier alpha value is -3.22. The van der Waals surface area contributed by atoms with Crippen LogP contribution in [0, 0.1) is 0 Å². The molecule has 0 saturated carbocycles. The van der Waals surface area contributed by atoms with Crippen LogP contribution in [0.1, 0.15) is 16.1 Å². The Bertz CT molecular complexity index is 1140. The number of aromatic nitrogens is 4. The van der Waals surface area contributed by atoms with E-state index in [1.54, 1.807) is 47.4 Å². The topological polar surface area (TPSA) is 72.7 Å². The molecule has 0 spiro atoms. The van der Waals surface area contributed by atoms with E-state index in [0.717, 1.165) is 16.8 Å². The van der Waals surface area contributed by atoms with E-state index in [0.29, 0.717) is 22.3 Å². The van der Waals surface area contributed by atoms with Gasteiger partial charge in [-0.15, -0.1) is 5.10 Å². The molecule has 0 bridgehead atoms. The van der Waals surface area contributed by atoms with Crippen LogP contribution in [0.4, 0.5) is 0 Å². The SMILES string of the molecule is O=C(NCc1cccc(Cl)c1)c1nnn(-c2ccc(Cl)cc2)c1-c1cccnc1. The van der Waals surface area contributed by atoms with Gasteiger partial charge in [-0.25, -0.2) is 4.68 Å². The first kappa shape index (κ1) is 19.1. The van der Waals surface area contributed by atoms with E-state index < -0.39 is 0 Å². The van der Waals surface area contributed by atoms with E-state index in [1.807, 2.05) is 30.3 Å². The van der Waals surface area contributed by atoms with Crippen molar-refractivity contribution in [3.63, 3.8) is 0 Å². The van der Waals surface area contributed by atoms with Gasteiger partial charge in [-0.1, -0.05) is 40.5 Å². The number of carbonyl (C=O) groups is 1. The highest BCUT2D eigenvalue weighted by atomic mass is 35.5. The third-order valence-corrected chi connectivity index (χ3v) is 4.72. The predicted octanol–water partition coefficient (Wildman–Crippen LogP) is 4.57. The van der Waals surface area contributed by atoms with Crippen LogP contribution in [-0.4, -0.2) is 25.9 Å². The highest BCUT2D eigenvalue weighted by Crippen LogP contribution is 2.25. The first-order valence-corrected chi connectivity index (χ1v) is 9.52. The first-order chi connectivity index (χ1) is 14.1. The predicted molar refractivity (Wildman–Crippen MR) is 112 cm³/mol. The van der Waals surface area contributed by atoms with Crippen molar-refractivity contribution in [1.82, 2.24) is 25.3 Å². The van der Waals surface area contributed by atoms with Crippen LogP contribution in [0.2, 0.25) is 10.0 Å². The average Bonchev–Trinajstić information content (AvgIpc) is 3.18. The van der Waals surface area contributed by atoms with Gasteiger partial charge < -0.3 is 5.32 Å². The monoisotopic (exact) mass is 423 g/mol. The average molecular weight is 424 g/mol. The van der Waals surface area contributed by atoms with Crippen molar-refractivity contribution in [1.29, 1.82) is 0 Å². The Morgan fingerprint density at radius 3 is 2.55 bits per heavy atom. The summed E-state index contributed by atoms with van der Waals surface area (Å²) in [7, 11) is 0. The Morgan fingerprint density at radius 2 is 1.83 bits per heavy atom. The number of nitrogens with one attached hydrogen (secondary N) is 1. The lowest BCUT2D eigenvalue weighted by Crippen LogP contribution is -2.24. The van der Waals surface area contributed by atoms with Crippen LogP contribution >= 0.6 is 23.2 Å². The van der Waals surface area contributed by atoms with Gasteiger partial charge in [0.2, 0.25) is 0 Å². The zero-order valence-electron chi connectivity index (χ0n) is 15.1. The summed E-state index contributed by atoms with van der Waals surface area (Å²) in [5.74, 6) is -0.343. The summed E-state index contributed by atoms with van der Waals surface area (Å²) in [5, 5.41) is 12.4. The molecule has 29 heavy (non-hydrogen) atoms. The zero-order chi connectivity index (χ0) is 20.2. The molecule has 1 amide bonds. The fourth-order valence-electron chi connectivity index (χ4n) is 2.87. The molecule has 144 valence electrons. The summed E-state index contributed by atoms with van der Waals surface area (Å²) in [5.41, 5.74) is 3.09. The van der Waals surface area contributed by atoms with Gasteiger partial charge in [-0.2, -0.15) is 0 Å². The molecule has 4 aromatic rings. The van der Waals surface area contributed by atoms with E-state index in [9.17, 15) is 4.79 Å². The van der Waals surface area contributed by atoms with Crippen LogP contribution < -0.4 is 5.32 Å². The van der Waals surface area contributed by atoms with Gasteiger partial charge in [0.15, 0.2) is 5.69 Å². The highest BCUT2D eigenvalue weighted by molar-refractivity contribution is 6.30. The molecule has 8 heteroatoms. The number of nitrogens with zero attached hydrogens (tertiary/aromatic N) is 4. The number of rotatable bonds is 5. The molecule has 6 nitrogen and oxygen atoms in total. The van der Waals surface area contributed by atoms with Crippen molar-refractivity contribution in [2.45, 2.75) is 6.54 Å². The Kier molecular flexibility index (Phi) is 5.55. The number of hydrogen-bond acceptors (Lipinski definition) is 4. The second kappa shape index (κ2) is 8.43. The first-order valence-electron chi connectivity index (χ1n) is 8.76. The van der Waals surface area contributed by atoms with Gasteiger partial charge in [-0.3, -0.25) is 9.78 Å². The molecule has 0 unspecified atom stereocenters. The minimum atomic E-state index is -0.343. The van der Waals surface area contributed by atoms with E-state index in [2.05, 4.69) is 20.6 Å². The smallest absolute Gasteiger partial charge is 0.274 e. The molecule has 1 N–H and O–H groups in total. The van der Waals surface area contributed by atoms with E-state index in [4.69, 9.17) is 23.2 Å². The fraction of sp³-hybridized carbons (Fsp3) is 0.0476. The molecule has 0 radical (unpaired) electrons. The van der Waals surface area contributed by atoms with Gasteiger partial charge in [0.25, 0.3) is 5.91 Å². The van der Waals surface area contributed by atoms with E-state index in [-0.39, 0.29) is 11.6 Å². The van der Waals surface area contributed by atoms with Crippen molar-refractivity contribution in [2.24, 2.45) is 0 Å². The van der Waals surface area contributed by atoms with Gasteiger partial charge >= 0.3 is 0 Å². The van der Waals surface area contributed by atoms with Crippen molar-refractivity contribution in [3.05, 3.63) is 94.4 Å². The lowest BCUT2D eigenvalue weighted by Gasteiger charge is -2.09. The number of halogens is 2. The fourth-order valence-corrected chi connectivity index (χ4v) is 3.21. The Labute approximate surface area is 177 Å². The summed E-state index contributed by atoms with van der Waals surface area (Å²) < 4.78 is 1.60. The minimum Gasteiger partial charge on any atom is -0.346 e. The molecule has 2 aromatic carbocycles. The Morgan fingerprint density at radius 1 is 1.00 bits per heavy atom. The summed E-state index contributed by atoms with van der Waals surface area (Å²) in [6.07, 6.45) is 3.33. The summed E-state index contributed by atoms with van der Waals surface area (Å²) >= 11 is 12.0. The summed E-state index contributed by atoms with van der Waals surface area (Å²) in [6, 6.07) is 18.1. The number of pyridine rings is 1. The quantitative estimate of drug-likeness (QED) is 0.510. The Balaban J connectivity index is 1.69. The van der Waals surface area contributed by atoms with Gasteiger partial charge in [0.05, 0.1) is 5.69 Å². The van der Waals surface area contributed by atoms with Gasteiger partial charge in [0, 0.05) is 34.5 Å². The van der Waals surface area contributed by atoms with Crippen molar-refractivity contribution in [2.75, 3.05) is 0 Å². The van der Waals surface area contributed by atoms with Crippen LogP contribution in [0.5, 0.6) is 0 Å². The number of amides is 1. The normalized spacial score (nSPS) is 10.7. The zero-order valence-corrected chi connectivity index (χ0v) is 16.6. The van der Waals surface area contributed by atoms with Crippen LogP contribution in [0.25, 0.3) is 16.9 Å². The van der Waals surface area contributed by atoms with Crippen LogP contribution in [0.15, 0.2) is 73.1 Å². The molecule has 0 atom stereocenters. The lowest BCUT2D eigenvalue weighted by molar-refractivity contribution is 0.0946. The molecule has 2 heterocycles. The second-order valence-electron chi connectivity index (χ2n) is 6.23. The van der Waals surface area contributed by atoms with Crippen molar-refractivity contribution in [3.8, 4) is 16.9 Å². The molecular formula is C21H15Cl2N5O. The summed E-state index contributed by atoms with van der Waals surface area (Å²) in [6.45, 7) is 0.319. The molecule has 0 fully saturated rings. The maximum Gasteiger partial charge on any atom is 0.274 e. The maximum absolute atomic E-state index is 12.9. The molecular weight excluding hydrogens is 409 g/mol. The van der Waals surface area contributed by atoms with Crippen LogP contribution in [0.3, 0.4) is 0 Å². The molecule has 2 aromatic heterocycles. The third-order valence-electron chi connectivity index (χ3n) is 4.23. The second-order valence-corrected chi connectivity index (χ2v) is 7.10. The highest BCUT2D eigenvalue weighted by Gasteiger charge is 2.22. The number of carbonyl (C=O) groups excluding carboxylic acids is 1. The molecule has 0 saturated heterocycles. The van der Waals surface area contributed by atoms with Crippen molar-refractivity contribution >= 4 is 29.1 Å². The third kappa shape index (κ3) is 4.29. The van der Waals surface area contributed by atoms with Crippen molar-refractivity contribution < 1.29 is 4.79 Å². The van der Waals surface area contributed by atoms with Gasteiger partial charge in [0.1, 0.15) is 5.69 Å². The standard InChI is InChI=1S/C21H15Cl2N5O/c22-16-6-8-18(9-7-16)28-20(15-4-2-10-24-13-15)19(26-27-28)21(29)25-12-14-3-1-5-17(23)11-14/h1-11,13H,12H2,(H,25,29). The maximum atomic E-state index is 12.9. The summed E-state index contributed by atoms with van der Waals surface area (Å²) in [4.78, 5) is 17.1. The molecule has 0 aliphatic rings. The van der Waals surface area contributed by atoms with E-state index >= 15 is 0 Å². The number of benzene rings is 2. The van der Waals surface area contributed by atoms with Gasteiger partial charge in [-0.05, 0) is 54.1 Å².